The number of hydrogen-bond donors (Lipinski definition) is 0. The minimum atomic E-state index is -3.85. The van der Waals surface area contributed by atoms with Crippen molar-refractivity contribution in [2.24, 2.45) is 0 Å². The van der Waals surface area contributed by atoms with Gasteiger partial charge < -0.3 is 9.80 Å². The van der Waals surface area contributed by atoms with Crippen molar-refractivity contribution in [3.63, 3.8) is 0 Å². The molecule has 0 saturated carbocycles. The van der Waals surface area contributed by atoms with Crippen molar-refractivity contribution >= 4 is 27.1 Å². The summed E-state index contributed by atoms with van der Waals surface area (Å²) in [6, 6.07) is 14.8. The lowest BCUT2D eigenvalue weighted by atomic mass is 10.1. The molecule has 2 aromatic rings. The first-order valence-electron chi connectivity index (χ1n) is 9.26. The molecule has 6 heteroatoms. The lowest BCUT2D eigenvalue weighted by Gasteiger charge is -2.30. The topological polar surface area (TPSA) is 57.7 Å². The number of para-hydroxylation sites is 1. The quantitative estimate of drug-likeness (QED) is 0.813. The van der Waals surface area contributed by atoms with Crippen molar-refractivity contribution < 1.29 is 13.2 Å². The number of benzene rings is 2. The van der Waals surface area contributed by atoms with Crippen LogP contribution in [0.25, 0.3) is 0 Å². The number of hydrogen-bond acceptors (Lipinski definition) is 4. The molecular formula is C21H22N2O3S. The Morgan fingerprint density at radius 3 is 2.33 bits per heavy atom. The molecule has 2 aliphatic heterocycles. The third kappa shape index (κ3) is 3.04. The van der Waals surface area contributed by atoms with Crippen LogP contribution in [-0.2, 0) is 21.1 Å². The summed E-state index contributed by atoms with van der Waals surface area (Å²) < 4.78 is 26.3. The van der Waals surface area contributed by atoms with Gasteiger partial charge in [-0.1, -0.05) is 31.2 Å². The smallest absolute Gasteiger partial charge is 0.267 e. The molecule has 0 atom stereocenters. The highest BCUT2D eigenvalue weighted by Crippen LogP contribution is 2.40. The molecule has 1 fully saturated rings. The number of fused-ring (bicyclic) bond motifs is 1. The number of aryl methyl sites for hydroxylation is 1. The zero-order chi connectivity index (χ0) is 19.0. The Balaban J connectivity index is 1.85. The Labute approximate surface area is 159 Å². The normalized spacial score (nSPS) is 18.2. The van der Waals surface area contributed by atoms with Gasteiger partial charge in [0, 0.05) is 25.0 Å². The second-order valence-electron chi connectivity index (χ2n) is 6.85. The van der Waals surface area contributed by atoms with E-state index >= 15 is 0 Å². The van der Waals surface area contributed by atoms with Gasteiger partial charge in [0.15, 0.2) is 4.91 Å². The first kappa shape index (κ1) is 17.8. The van der Waals surface area contributed by atoms with Crippen LogP contribution in [0.5, 0.6) is 0 Å². The average Bonchev–Trinajstić information content (AvgIpc) is 3.23. The molecular weight excluding hydrogens is 360 g/mol. The summed E-state index contributed by atoms with van der Waals surface area (Å²) in [4.78, 5) is 16.4. The summed E-state index contributed by atoms with van der Waals surface area (Å²) in [6.07, 6.45) is 4.24. The van der Waals surface area contributed by atoms with Gasteiger partial charge in [-0.3, -0.25) is 4.79 Å². The third-order valence-electron chi connectivity index (χ3n) is 5.18. The summed E-state index contributed by atoms with van der Waals surface area (Å²) in [6.45, 7) is 3.31. The second-order valence-corrected chi connectivity index (χ2v) is 8.74. The Morgan fingerprint density at radius 1 is 1.00 bits per heavy atom. The molecule has 0 unspecified atom stereocenters. The molecule has 0 radical (unpaired) electrons. The van der Waals surface area contributed by atoms with Crippen LogP contribution in [-0.4, -0.2) is 32.3 Å². The molecule has 0 bridgehead atoms. The van der Waals surface area contributed by atoms with E-state index in [1.165, 1.54) is 11.8 Å². The van der Waals surface area contributed by atoms with Crippen LogP contribution in [0, 0.1) is 0 Å². The summed E-state index contributed by atoms with van der Waals surface area (Å²) in [5, 5.41) is 0. The van der Waals surface area contributed by atoms with E-state index in [-0.39, 0.29) is 9.80 Å². The number of likely N-dealkylation sites (tertiary alicyclic amines) is 1. The summed E-state index contributed by atoms with van der Waals surface area (Å²) >= 11 is 0. The van der Waals surface area contributed by atoms with E-state index in [0.717, 1.165) is 24.9 Å². The van der Waals surface area contributed by atoms with Crippen molar-refractivity contribution in [1.29, 1.82) is 0 Å². The molecule has 2 aliphatic rings. The van der Waals surface area contributed by atoms with E-state index < -0.39 is 15.7 Å². The highest BCUT2D eigenvalue weighted by atomic mass is 32.2. The van der Waals surface area contributed by atoms with Crippen LogP contribution in [0.3, 0.4) is 0 Å². The van der Waals surface area contributed by atoms with Gasteiger partial charge >= 0.3 is 0 Å². The Hall–Kier alpha value is -2.60. The van der Waals surface area contributed by atoms with Crippen LogP contribution >= 0.6 is 0 Å². The van der Waals surface area contributed by atoms with Crippen molar-refractivity contribution in [3.05, 3.63) is 65.2 Å². The molecule has 4 rings (SSSR count). The predicted molar refractivity (Wildman–Crippen MR) is 105 cm³/mol. The number of carbonyl (C=O) groups is 1. The number of rotatable bonds is 3. The lowest BCUT2D eigenvalue weighted by Crippen LogP contribution is -2.35. The highest BCUT2D eigenvalue weighted by Gasteiger charge is 2.38. The van der Waals surface area contributed by atoms with Crippen LogP contribution in [0.1, 0.15) is 25.3 Å². The van der Waals surface area contributed by atoms with Crippen LogP contribution < -0.4 is 4.90 Å². The molecule has 2 heterocycles. The molecule has 27 heavy (non-hydrogen) atoms. The van der Waals surface area contributed by atoms with E-state index in [9.17, 15) is 13.2 Å². The minimum Gasteiger partial charge on any atom is -0.338 e. The number of anilines is 2. The van der Waals surface area contributed by atoms with Gasteiger partial charge in [-0.25, -0.2) is 8.42 Å². The highest BCUT2D eigenvalue weighted by molar-refractivity contribution is 7.96. The molecule has 140 valence electrons. The van der Waals surface area contributed by atoms with Gasteiger partial charge in [0.2, 0.25) is 9.84 Å². The summed E-state index contributed by atoms with van der Waals surface area (Å²) in [5.41, 5.74) is 2.61. The second kappa shape index (κ2) is 6.85. The number of carbonyl (C=O) groups excluding carboxylic acids is 1. The fourth-order valence-corrected chi connectivity index (χ4v) is 5.15. The molecule has 0 N–H and O–H groups in total. The maximum atomic E-state index is 13.1. The first-order chi connectivity index (χ1) is 13.0. The fraction of sp³-hybridized carbons (Fsp3) is 0.286. The molecule has 1 amide bonds. The number of amides is 1. The Bertz CT molecular complexity index is 1000. The van der Waals surface area contributed by atoms with Gasteiger partial charge in [0.05, 0.1) is 10.6 Å². The molecule has 0 spiro atoms. The van der Waals surface area contributed by atoms with Crippen LogP contribution in [0.4, 0.5) is 11.4 Å². The average molecular weight is 382 g/mol. The van der Waals surface area contributed by atoms with E-state index in [1.54, 1.807) is 28.0 Å². The Morgan fingerprint density at radius 2 is 1.67 bits per heavy atom. The van der Waals surface area contributed by atoms with Gasteiger partial charge in [-0.05, 0) is 49.1 Å². The minimum absolute atomic E-state index is 0.150. The number of sulfone groups is 1. The molecule has 2 aromatic carbocycles. The maximum Gasteiger partial charge on any atom is 0.267 e. The third-order valence-corrected chi connectivity index (χ3v) is 6.96. The van der Waals surface area contributed by atoms with Crippen molar-refractivity contribution in [3.8, 4) is 0 Å². The molecule has 0 aromatic heterocycles. The van der Waals surface area contributed by atoms with Gasteiger partial charge in [-0.2, -0.15) is 0 Å². The number of nitrogens with zero attached hydrogens (tertiary/aromatic N) is 2. The van der Waals surface area contributed by atoms with Gasteiger partial charge in [0.25, 0.3) is 5.91 Å². The van der Waals surface area contributed by atoms with E-state index in [2.05, 4.69) is 6.92 Å². The van der Waals surface area contributed by atoms with E-state index in [1.807, 2.05) is 30.3 Å². The van der Waals surface area contributed by atoms with Crippen LogP contribution in [0.15, 0.2) is 64.5 Å². The first-order valence-corrected chi connectivity index (χ1v) is 10.7. The standard InChI is InChI=1S/C21H22N2O3S/c1-2-16-9-11-17(12-10-16)23-15-20(21(24)22-13-5-6-14-22)27(25,26)19-8-4-3-7-18(19)23/h3-4,7-12,15H,2,5-6,13-14H2,1H3. The van der Waals surface area contributed by atoms with E-state index in [4.69, 9.17) is 0 Å². The van der Waals surface area contributed by atoms with Crippen LogP contribution in [0.2, 0.25) is 0 Å². The van der Waals surface area contributed by atoms with Gasteiger partial charge in [0.1, 0.15) is 0 Å². The van der Waals surface area contributed by atoms with Crippen molar-refractivity contribution in [2.75, 3.05) is 18.0 Å². The van der Waals surface area contributed by atoms with Crippen molar-refractivity contribution in [1.82, 2.24) is 4.90 Å². The zero-order valence-electron chi connectivity index (χ0n) is 15.3. The lowest BCUT2D eigenvalue weighted by molar-refractivity contribution is -0.125. The SMILES string of the molecule is CCc1ccc(N2C=C(C(=O)N3CCCC3)S(=O)(=O)c3ccccc32)cc1. The molecule has 5 nitrogen and oxygen atoms in total. The fourth-order valence-electron chi connectivity index (χ4n) is 3.61. The predicted octanol–water partition coefficient (Wildman–Crippen LogP) is 3.64. The van der Waals surface area contributed by atoms with Gasteiger partial charge in [-0.15, -0.1) is 0 Å². The molecule has 1 saturated heterocycles. The maximum absolute atomic E-state index is 13.1. The largest absolute Gasteiger partial charge is 0.338 e. The molecule has 0 aliphatic carbocycles. The monoisotopic (exact) mass is 382 g/mol. The van der Waals surface area contributed by atoms with Crippen molar-refractivity contribution in [2.45, 2.75) is 31.1 Å². The summed E-state index contributed by atoms with van der Waals surface area (Å²) in [5.74, 6) is -0.405. The zero-order valence-corrected chi connectivity index (χ0v) is 16.1. The summed E-state index contributed by atoms with van der Waals surface area (Å²) in [7, 11) is -3.85. The Kier molecular flexibility index (Phi) is 4.52. The van der Waals surface area contributed by atoms with E-state index in [0.29, 0.717) is 18.8 Å².